The molecule has 0 spiro atoms. The molecule has 1 saturated heterocycles. The number of aromatic nitrogens is 2. The van der Waals surface area contributed by atoms with Gasteiger partial charge in [-0.2, -0.15) is 0 Å². The second-order valence-electron chi connectivity index (χ2n) is 6.78. The number of rotatable bonds is 4. The van der Waals surface area contributed by atoms with Gasteiger partial charge in [0, 0.05) is 30.4 Å². The van der Waals surface area contributed by atoms with Crippen LogP contribution in [0.25, 0.3) is 10.9 Å². The van der Waals surface area contributed by atoms with Crippen molar-refractivity contribution in [2.24, 2.45) is 0 Å². The van der Waals surface area contributed by atoms with Crippen LogP contribution in [0.3, 0.4) is 0 Å². The molecule has 1 aromatic heterocycles. The summed E-state index contributed by atoms with van der Waals surface area (Å²) in [5.41, 5.74) is 0.678. The molecule has 0 unspecified atom stereocenters. The van der Waals surface area contributed by atoms with E-state index in [4.69, 9.17) is 0 Å². The predicted molar refractivity (Wildman–Crippen MR) is 104 cm³/mol. The number of hydrogen-bond acceptors (Lipinski definition) is 6. The summed E-state index contributed by atoms with van der Waals surface area (Å²) in [6.45, 7) is 1.26. The third kappa shape index (κ3) is 3.49. The van der Waals surface area contributed by atoms with Crippen LogP contribution >= 0.6 is 0 Å². The van der Waals surface area contributed by atoms with E-state index in [-0.39, 0.29) is 22.1 Å². The Kier molecular flexibility index (Phi) is 4.62. The standard InChI is InChI=1S/C19H18F2N4O2S/c1-28(26,27)13-4-5-17-14(10-13)19(23-11-22-17)24-12-8-15(20)18(16(21)9-12)25-6-2-3-7-25/h4-5,8-11H,2-3,6-7H2,1H3,(H,22,23,24). The lowest BCUT2D eigenvalue weighted by molar-refractivity contribution is 0.578. The number of sulfone groups is 1. The fraction of sp³-hybridized carbons (Fsp3) is 0.263. The minimum Gasteiger partial charge on any atom is -0.367 e. The van der Waals surface area contributed by atoms with Crippen LogP contribution in [0.5, 0.6) is 0 Å². The first-order chi connectivity index (χ1) is 13.3. The van der Waals surface area contributed by atoms with E-state index in [1.165, 1.54) is 30.6 Å². The van der Waals surface area contributed by atoms with Crippen molar-refractivity contribution in [2.45, 2.75) is 17.7 Å². The number of halogens is 2. The molecular formula is C19H18F2N4O2S. The number of hydrogen-bond donors (Lipinski definition) is 1. The normalized spacial score (nSPS) is 14.6. The first-order valence-corrected chi connectivity index (χ1v) is 10.7. The number of fused-ring (bicyclic) bond motifs is 1. The van der Waals surface area contributed by atoms with Crippen LogP contribution in [0, 0.1) is 11.6 Å². The number of benzene rings is 2. The van der Waals surface area contributed by atoms with E-state index in [9.17, 15) is 17.2 Å². The average Bonchev–Trinajstić information content (AvgIpc) is 3.14. The fourth-order valence-corrected chi connectivity index (χ4v) is 4.03. The molecule has 4 rings (SSSR count). The first kappa shape index (κ1) is 18.5. The number of nitrogens with one attached hydrogen (secondary N) is 1. The van der Waals surface area contributed by atoms with Gasteiger partial charge >= 0.3 is 0 Å². The van der Waals surface area contributed by atoms with Crippen LogP contribution in [-0.2, 0) is 9.84 Å². The molecule has 0 bridgehead atoms. The maximum absolute atomic E-state index is 14.6. The summed E-state index contributed by atoms with van der Waals surface area (Å²) in [7, 11) is -3.42. The third-order valence-corrected chi connectivity index (χ3v) is 5.85. The van der Waals surface area contributed by atoms with Crippen molar-refractivity contribution < 1.29 is 17.2 Å². The molecule has 1 aliphatic heterocycles. The van der Waals surface area contributed by atoms with E-state index in [1.807, 2.05) is 0 Å². The molecule has 0 atom stereocenters. The second kappa shape index (κ2) is 6.97. The van der Waals surface area contributed by atoms with Gasteiger partial charge < -0.3 is 10.2 Å². The Balaban J connectivity index is 1.74. The fourth-order valence-electron chi connectivity index (χ4n) is 3.38. The highest BCUT2D eigenvalue weighted by Gasteiger charge is 2.21. The van der Waals surface area contributed by atoms with E-state index in [2.05, 4.69) is 15.3 Å². The van der Waals surface area contributed by atoms with Gasteiger partial charge in [0.25, 0.3) is 0 Å². The van der Waals surface area contributed by atoms with Crippen molar-refractivity contribution >= 4 is 37.9 Å². The molecule has 1 fully saturated rings. The number of nitrogens with zero attached hydrogens (tertiary/aromatic N) is 3. The molecule has 3 aromatic rings. The van der Waals surface area contributed by atoms with Gasteiger partial charge in [0.2, 0.25) is 0 Å². The average molecular weight is 404 g/mol. The largest absolute Gasteiger partial charge is 0.367 e. The molecule has 2 heterocycles. The van der Waals surface area contributed by atoms with Gasteiger partial charge in [0.1, 0.15) is 17.8 Å². The summed E-state index contributed by atoms with van der Waals surface area (Å²) >= 11 is 0. The Labute approximate surface area is 161 Å². The van der Waals surface area contributed by atoms with Crippen molar-refractivity contribution in [2.75, 3.05) is 29.6 Å². The summed E-state index contributed by atoms with van der Waals surface area (Å²) in [5, 5.41) is 3.32. The molecule has 9 heteroatoms. The van der Waals surface area contributed by atoms with E-state index in [0.717, 1.165) is 19.1 Å². The quantitative estimate of drug-likeness (QED) is 0.715. The van der Waals surface area contributed by atoms with Crippen molar-refractivity contribution in [3.05, 3.63) is 48.3 Å². The van der Waals surface area contributed by atoms with Gasteiger partial charge in [-0.05, 0) is 43.2 Å². The van der Waals surface area contributed by atoms with Crippen LogP contribution < -0.4 is 10.2 Å². The topological polar surface area (TPSA) is 75.2 Å². The predicted octanol–water partition coefficient (Wildman–Crippen LogP) is 3.66. The SMILES string of the molecule is CS(=O)(=O)c1ccc2ncnc(Nc3cc(F)c(N4CCCC4)c(F)c3)c2c1. The lowest BCUT2D eigenvalue weighted by atomic mass is 10.2. The smallest absolute Gasteiger partial charge is 0.175 e. The molecule has 1 N–H and O–H groups in total. The minimum atomic E-state index is -3.42. The summed E-state index contributed by atoms with van der Waals surface area (Å²) in [6.07, 6.45) is 4.23. The molecule has 0 aliphatic carbocycles. The highest BCUT2D eigenvalue weighted by atomic mass is 32.2. The lowest BCUT2D eigenvalue weighted by Crippen LogP contribution is -2.20. The summed E-state index contributed by atoms with van der Waals surface area (Å²) in [5.74, 6) is -1.04. The second-order valence-corrected chi connectivity index (χ2v) is 8.80. The van der Waals surface area contributed by atoms with Gasteiger partial charge in [-0.15, -0.1) is 0 Å². The van der Waals surface area contributed by atoms with Crippen LogP contribution in [0.4, 0.5) is 26.0 Å². The van der Waals surface area contributed by atoms with Gasteiger partial charge in [-0.25, -0.2) is 27.2 Å². The van der Waals surface area contributed by atoms with Gasteiger partial charge in [0.05, 0.1) is 10.4 Å². The summed E-state index contributed by atoms with van der Waals surface area (Å²) < 4.78 is 52.8. The zero-order valence-corrected chi connectivity index (χ0v) is 15.9. The summed E-state index contributed by atoms with van der Waals surface area (Å²) in [6, 6.07) is 6.89. The maximum atomic E-state index is 14.6. The van der Waals surface area contributed by atoms with Gasteiger partial charge in [-0.1, -0.05) is 0 Å². The van der Waals surface area contributed by atoms with Crippen molar-refractivity contribution in [3.63, 3.8) is 0 Å². The van der Waals surface area contributed by atoms with E-state index >= 15 is 0 Å². The molecule has 0 radical (unpaired) electrons. The molecule has 1 aliphatic rings. The highest BCUT2D eigenvalue weighted by Crippen LogP contribution is 2.32. The van der Waals surface area contributed by atoms with Crippen molar-refractivity contribution in [1.82, 2.24) is 9.97 Å². The lowest BCUT2D eigenvalue weighted by Gasteiger charge is -2.20. The monoisotopic (exact) mass is 404 g/mol. The van der Waals surface area contributed by atoms with E-state index < -0.39 is 21.5 Å². The van der Waals surface area contributed by atoms with Gasteiger partial charge in [-0.3, -0.25) is 0 Å². The molecule has 6 nitrogen and oxygen atoms in total. The Hall–Kier alpha value is -2.81. The molecule has 0 saturated carbocycles. The molecule has 146 valence electrons. The molecule has 0 amide bonds. The highest BCUT2D eigenvalue weighted by molar-refractivity contribution is 7.90. The Morgan fingerprint density at radius 3 is 2.36 bits per heavy atom. The van der Waals surface area contributed by atoms with Crippen LogP contribution in [0.15, 0.2) is 41.6 Å². The molecule has 2 aromatic carbocycles. The van der Waals surface area contributed by atoms with E-state index in [1.54, 1.807) is 11.0 Å². The maximum Gasteiger partial charge on any atom is 0.175 e. The minimum absolute atomic E-state index is 0.0186. The summed E-state index contributed by atoms with van der Waals surface area (Å²) in [4.78, 5) is 10.0. The van der Waals surface area contributed by atoms with Crippen molar-refractivity contribution in [3.8, 4) is 0 Å². The van der Waals surface area contributed by atoms with Crippen LogP contribution in [0.1, 0.15) is 12.8 Å². The van der Waals surface area contributed by atoms with Crippen LogP contribution in [0.2, 0.25) is 0 Å². The Bertz CT molecular complexity index is 1140. The first-order valence-electron chi connectivity index (χ1n) is 8.79. The number of anilines is 3. The zero-order valence-electron chi connectivity index (χ0n) is 15.1. The van der Waals surface area contributed by atoms with E-state index in [0.29, 0.717) is 24.0 Å². The Morgan fingerprint density at radius 1 is 1.04 bits per heavy atom. The van der Waals surface area contributed by atoms with Crippen molar-refractivity contribution in [1.29, 1.82) is 0 Å². The van der Waals surface area contributed by atoms with Crippen LogP contribution in [-0.4, -0.2) is 37.7 Å². The zero-order chi connectivity index (χ0) is 19.9. The molecular weight excluding hydrogens is 386 g/mol. The Morgan fingerprint density at radius 2 is 1.71 bits per heavy atom. The third-order valence-electron chi connectivity index (χ3n) is 4.74. The molecule has 28 heavy (non-hydrogen) atoms. The van der Waals surface area contributed by atoms with Gasteiger partial charge in [0.15, 0.2) is 21.5 Å².